The summed E-state index contributed by atoms with van der Waals surface area (Å²) in [6.45, 7) is 2.12. The maximum absolute atomic E-state index is 5.82. The van der Waals surface area contributed by atoms with E-state index < -0.39 is 0 Å². The summed E-state index contributed by atoms with van der Waals surface area (Å²) in [6, 6.07) is 0.736. The SMILES string of the molecule is CN(C)C1CC(C)(N)C1.Cl.Cl. The van der Waals surface area contributed by atoms with Gasteiger partial charge in [0.15, 0.2) is 0 Å². The van der Waals surface area contributed by atoms with Crippen LogP contribution in [0, 0.1) is 0 Å². The molecule has 0 aromatic carbocycles. The van der Waals surface area contributed by atoms with Crippen molar-refractivity contribution in [3.63, 3.8) is 0 Å². The third kappa shape index (κ3) is 3.61. The number of nitrogens with zero attached hydrogens (tertiary/aromatic N) is 1. The summed E-state index contributed by atoms with van der Waals surface area (Å²) >= 11 is 0. The van der Waals surface area contributed by atoms with Crippen molar-refractivity contribution < 1.29 is 0 Å². The Balaban J connectivity index is 0. The fourth-order valence-electron chi connectivity index (χ4n) is 1.38. The Morgan fingerprint density at radius 3 is 1.73 bits per heavy atom. The Kier molecular flexibility index (Phi) is 5.76. The van der Waals surface area contributed by atoms with Crippen LogP contribution in [0.15, 0.2) is 0 Å². The van der Waals surface area contributed by atoms with Crippen LogP contribution in [0.3, 0.4) is 0 Å². The molecule has 0 amide bonds. The first kappa shape index (κ1) is 14.0. The van der Waals surface area contributed by atoms with Gasteiger partial charge in [-0.05, 0) is 33.9 Å². The van der Waals surface area contributed by atoms with Crippen molar-refractivity contribution in [1.82, 2.24) is 4.90 Å². The summed E-state index contributed by atoms with van der Waals surface area (Å²) < 4.78 is 0. The van der Waals surface area contributed by atoms with Crippen LogP contribution in [0.2, 0.25) is 0 Å². The smallest absolute Gasteiger partial charge is 0.0155 e. The maximum Gasteiger partial charge on any atom is 0.0155 e. The van der Waals surface area contributed by atoms with E-state index in [9.17, 15) is 0 Å². The van der Waals surface area contributed by atoms with Gasteiger partial charge in [0.05, 0.1) is 0 Å². The minimum atomic E-state index is 0. The molecule has 70 valence electrons. The second kappa shape index (κ2) is 4.51. The Hall–Kier alpha value is 0.500. The lowest BCUT2D eigenvalue weighted by atomic mass is 9.74. The predicted molar refractivity (Wildman–Crippen MR) is 53.8 cm³/mol. The highest BCUT2D eigenvalue weighted by atomic mass is 35.5. The van der Waals surface area contributed by atoms with Crippen LogP contribution in [0.1, 0.15) is 19.8 Å². The van der Waals surface area contributed by atoms with Crippen molar-refractivity contribution >= 4 is 24.8 Å². The minimum Gasteiger partial charge on any atom is -0.325 e. The number of rotatable bonds is 1. The van der Waals surface area contributed by atoms with E-state index in [1.54, 1.807) is 0 Å². The third-order valence-electron chi connectivity index (χ3n) is 2.13. The normalized spacial score (nSPS) is 35.2. The highest BCUT2D eigenvalue weighted by Gasteiger charge is 2.37. The molecule has 2 N–H and O–H groups in total. The van der Waals surface area contributed by atoms with Crippen molar-refractivity contribution in [2.45, 2.75) is 31.3 Å². The van der Waals surface area contributed by atoms with E-state index in [4.69, 9.17) is 5.73 Å². The average Bonchev–Trinajstić information content (AvgIpc) is 1.59. The minimum absolute atomic E-state index is 0. The third-order valence-corrected chi connectivity index (χ3v) is 2.13. The molecule has 0 spiro atoms. The summed E-state index contributed by atoms with van der Waals surface area (Å²) in [5, 5.41) is 0. The Morgan fingerprint density at radius 1 is 1.27 bits per heavy atom. The van der Waals surface area contributed by atoms with E-state index >= 15 is 0 Å². The van der Waals surface area contributed by atoms with Gasteiger partial charge >= 0.3 is 0 Å². The van der Waals surface area contributed by atoms with Crippen molar-refractivity contribution in [2.75, 3.05) is 14.1 Å². The van der Waals surface area contributed by atoms with Gasteiger partial charge in [0.1, 0.15) is 0 Å². The van der Waals surface area contributed by atoms with Crippen molar-refractivity contribution in [1.29, 1.82) is 0 Å². The molecule has 2 nitrogen and oxygen atoms in total. The first-order chi connectivity index (χ1) is 4.01. The van der Waals surface area contributed by atoms with Crippen LogP contribution in [-0.2, 0) is 0 Å². The van der Waals surface area contributed by atoms with Gasteiger partial charge in [-0.15, -0.1) is 24.8 Å². The predicted octanol–water partition coefficient (Wildman–Crippen LogP) is 1.27. The number of halogens is 2. The lowest BCUT2D eigenvalue weighted by Crippen LogP contribution is -2.56. The van der Waals surface area contributed by atoms with Gasteiger partial charge in [-0.2, -0.15) is 0 Å². The van der Waals surface area contributed by atoms with Crippen molar-refractivity contribution in [2.24, 2.45) is 5.73 Å². The molecule has 0 aromatic rings. The molecule has 1 aliphatic rings. The monoisotopic (exact) mass is 200 g/mol. The summed E-state index contributed by atoms with van der Waals surface area (Å²) in [4.78, 5) is 2.24. The van der Waals surface area contributed by atoms with E-state index in [1.807, 2.05) is 0 Å². The zero-order valence-electron chi connectivity index (χ0n) is 7.33. The molecule has 0 atom stereocenters. The summed E-state index contributed by atoms with van der Waals surface area (Å²) in [7, 11) is 4.22. The lowest BCUT2D eigenvalue weighted by Gasteiger charge is -2.45. The van der Waals surface area contributed by atoms with E-state index in [-0.39, 0.29) is 30.4 Å². The van der Waals surface area contributed by atoms with E-state index in [2.05, 4.69) is 25.9 Å². The molecule has 1 aliphatic carbocycles. The van der Waals surface area contributed by atoms with E-state index in [0.29, 0.717) is 0 Å². The second-order valence-electron chi connectivity index (χ2n) is 3.68. The zero-order chi connectivity index (χ0) is 7.07. The first-order valence-electron chi connectivity index (χ1n) is 3.46. The number of nitrogens with two attached hydrogens (primary N) is 1. The topological polar surface area (TPSA) is 29.3 Å². The molecule has 0 aromatic heterocycles. The molecule has 4 heteroatoms. The molecule has 1 fully saturated rings. The van der Waals surface area contributed by atoms with Crippen molar-refractivity contribution in [3.05, 3.63) is 0 Å². The molecule has 0 bridgehead atoms. The quantitative estimate of drug-likeness (QED) is 0.692. The van der Waals surface area contributed by atoms with Crippen LogP contribution in [0.25, 0.3) is 0 Å². The van der Waals surface area contributed by atoms with Gasteiger partial charge in [-0.3, -0.25) is 0 Å². The molecular weight excluding hydrogens is 183 g/mol. The van der Waals surface area contributed by atoms with Crippen LogP contribution >= 0.6 is 24.8 Å². The molecule has 1 saturated carbocycles. The Bertz CT molecular complexity index is 107. The molecule has 0 aliphatic heterocycles. The van der Waals surface area contributed by atoms with Gasteiger partial charge in [0.2, 0.25) is 0 Å². The van der Waals surface area contributed by atoms with Crippen LogP contribution in [-0.4, -0.2) is 30.6 Å². The molecule has 1 rings (SSSR count). The Morgan fingerprint density at radius 2 is 1.64 bits per heavy atom. The highest BCUT2D eigenvalue weighted by molar-refractivity contribution is 5.85. The lowest BCUT2D eigenvalue weighted by molar-refractivity contribution is 0.108. The number of hydrogen-bond donors (Lipinski definition) is 1. The molecule has 0 heterocycles. The van der Waals surface area contributed by atoms with Gasteiger partial charge in [0.25, 0.3) is 0 Å². The van der Waals surface area contributed by atoms with Crippen LogP contribution in [0.4, 0.5) is 0 Å². The molecule has 0 radical (unpaired) electrons. The molecule has 0 unspecified atom stereocenters. The van der Waals surface area contributed by atoms with Gasteiger partial charge in [-0.1, -0.05) is 0 Å². The zero-order valence-corrected chi connectivity index (χ0v) is 8.97. The summed E-state index contributed by atoms with van der Waals surface area (Å²) in [5.74, 6) is 0. The van der Waals surface area contributed by atoms with Crippen molar-refractivity contribution in [3.8, 4) is 0 Å². The van der Waals surface area contributed by atoms with E-state index in [0.717, 1.165) is 18.9 Å². The fourth-order valence-corrected chi connectivity index (χ4v) is 1.38. The summed E-state index contributed by atoms with van der Waals surface area (Å²) in [5.41, 5.74) is 5.96. The molecule has 0 saturated heterocycles. The Labute approximate surface area is 81.3 Å². The second-order valence-corrected chi connectivity index (χ2v) is 3.68. The molecule has 11 heavy (non-hydrogen) atoms. The standard InChI is InChI=1S/C7H16N2.2ClH/c1-7(8)4-6(5-7)9(2)3;;/h6H,4-5,8H2,1-3H3;2*1H. The summed E-state index contributed by atoms with van der Waals surface area (Å²) in [6.07, 6.45) is 2.31. The van der Waals surface area contributed by atoms with E-state index in [1.165, 1.54) is 0 Å². The molecular formula is C7H18Cl2N2. The first-order valence-corrected chi connectivity index (χ1v) is 3.46. The fraction of sp³-hybridized carbons (Fsp3) is 1.00. The largest absolute Gasteiger partial charge is 0.325 e. The average molecular weight is 201 g/mol. The highest BCUT2D eigenvalue weighted by Crippen LogP contribution is 2.31. The van der Waals surface area contributed by atoms with Gasteiger partial charge < -0.3 is 10.6 Å². The maximum atomic E-state index is 5.82. The van der Waals surface area contributed by atoms with Crippen LogP contribution < -0.4 is 5.73 Å². The van der Waals surface area contributed by atoms with Crippen LogP contribution in [0.5, 0.6) is 0 Å². The van der Waals surface area contributed by atoms with Gasteiger partial charge in [-0.25, -0.2) is 0 Å². The van der Waals surface area contributed by atoms with Gasteiger partial charge in [0, 0.05) is 11.6 Å². The number of hydrogen-bond acceptors (Lipinski definition) is 2.